The lowest BCUT2D eigenvalue weighted by Crippen LogP contribution is -2.32. The van der Waals surface area contributed by atoms with E-state index in [1.807, 2.05) is 12.1 Å². The minimum absolute atomic E-state index is 0.271. The van der Waals surface area contributed by atoms with Gasteiger partial charge in [0.2, 0.25) is 0 Å². The largest absolute Gasteiger partial charge is 0.328 e. The van der Waals surface area contributed by atoms with Gasteiger partial charge in [-0.3, -0.25) is 15.2 Å². The van der Waals surface area contributed by atoms with Gasteiger partial charge in [0.1, 0.15) is 12.5 Å². The van der Waals surface area contributed by atoms with Gasteiger partial charge >= 0.3 is 6.03 Å². The maximum Gasteiger partial charge on any atom is 0.328 e. The van der Waals surface area contributed by atoms with Crippen LogP contribution in [0.1, 0.15) is 0 Å². The molecule has 0 aliphatic carbocycles. The topological polar surface area (TPSA) is 62.5 Å². The maximum absolute atomic E-state index is 12.1. The minimum Gasteiger partial charge on any atom is -0.292 e. The number of amides is 2. The van der Waals surface area contributed by atoms with Crippen LogP contribution in [0.4, 0.5) is 10.6 Å². The van der Waals surface area contributed by atoms with Crippen LogP contribution >= 0.6 is 11.6 Å². The highest BCUT2D eigenvalue weighted by molar-refractivity contribution is 6.30. The van der Waals surface area contributed by atoms with Crippen molar-refractivity contribution in [2.75, 3.05) is 12.0 Å². The Hall–Kier alpha value is -2.60. The van der Waals surface area contributed by atoms with Gasteiger partial charge in [0, 0.05) is 23.5 Å². The number of urea groups is 1. The van der Waals surface area contributed by atoms with Gasteiger partial charge in [-0.25, -0.2) is 9.48 Å². The van der Waals surface area contributed by atoms with Crippen LogP contribution in [0, 0.1) is 0 Å². The monoisotopic (exact) mass is 301 g/mol. The number of nitrogens with one attached hydrogen (secondary N) is 1. The number of hydrogen-bond donors (Lipinski definition) is 1. The van der Waals surface area contributed by atoms with Crippen LogP contribution < -0.4 is 5.32 Å². The van der Waals surface area contributed by atoms with Crippen LogP contribution in [0.25, 0.3) is 5.69 Å². The van der Waals surface area contributed by atoms with Crippen molar-refractivity contribution in [3.8, 4) is 5.69 Å². The van der Waals surface area contributed by atoms with Gasteiger partial charge in [-0.05, 0) is 24.3 Å². The van der Waals surface area contributed by atoms with Gasteiger partial charge < -0.3 is 0 Å². The van der Waals surface area contributed by atoms with E-state index >= 15 is 0 Å². The van der Waals surface area contributed by atoms with Crippen molar-refractivity contribution in [2.24, 2.45) is 4.99 Å². The zero-order valence-corrected chi connectivity index (χ0v) is 11.7. The quantitative estimate of drug-likeness (QED) is 0.927. The van der Waals surface area contributed by atoms with Crippen LogP contribution in [-0.4, -0.2) is 33.6 Å². The smallest absolute Gasteiger partial charge is 0.292 e. The second-order valence-electron chi connectivity index (χ2n) is 4.32. The second kappa shape index (κ2) is 5.80. The zero-order valence-electron chi connectivity index (χ0n) is 11.0. The lowest BCUT2D eigenvalue weighted by atomic mass is 10.3. The summed E-state index contributed by atoms with van der Waals surface area (Å²) in [6.07, 6.45) is 6.64. The van der Waals surface area contributed by atoms with Crippen molar-refractivity contribution in [3.05, 3.63) is 53.8 Å². The highest BCUT2D eigenvalue weighted by Gasteiger charge is 2.14. The van der Waals surface area contributed by atoms with E-state index < -0.39 is 0 Å². The average Bonchev–Trinajstić information content (AvgIpc) is 2.96. The van der Waals surface area contributed by atoms with Crippen LogP contribution in [0.3, 0.4) is 0 Å². The molecule has 0 fully saturated rings. The Labute approximate surface area is 126 Å². The van der Waals surface area contributed by atoms with Crippen molar-refractivity contribution in [2.45, 2.75) is 0 Å². The Morgan fingerprint density at radius 1 is 1.33 bits per heavy atom. The number of aliphatic imine (C=N–C) groups is 1. The van der Waals surface area contributed by atoms with E-state index in [4.69, 9.17) is 11.6 Å². The number of aromatic nitrogens is 2. The zero-order chi connectivity index (χ0) is 14.7. The van der Waals surface area contributed by atoms with E-state index in [1.165, 1.54) is 4.90 Å². The lowest BCUT2D eigenvalue weighted by Gasteiger charge is -2.18. The average molecular weight is 302 g/mol. The molecule has 106 valence electrons. The summed E-state index contributed by atoms with van der Waals surface area (Å²) in [6.45, 7) is 0.299. The normalized spacial score (nSPS) is 13.5. The highest BCUT2D eigenvalue weighted by atomic mass is 35.5. The van der Waals surface area contributed by atoms with Crippen LogP contribution in [0.15, 0.2) is 53.8 Å². The Morgan fingerprint density at radius 3 is 3.00 bits per heavy atom. The molecular weight excluding hydrogens is 290 g/mol. The number of allylic oxidation sites excluding steroid dienone is 1. The molecule has 0 spiro atoms. The van der Waals surface area contributed by atoms with Gasteiger partial charge in [0.15, 0.2) is 0 Å². The molecule has 21 heavy (non-hydrogen) atoms. The highest BCUT2D eigenvalue weighted by Crippen LogP contribution is 2.19. The molecule has 6 nitrogen and oxygen atoms in total. The molecule has 3 rings (SSSR count). The van der Waals surface area contributed by atoms with Crippen molar-refractivity contribution in [3.63, 3.8) is 0 Å². The molecule has 0 saturated carbocycles. The van der Waals surface area contributed by atoms with Gasteiger partial charge in [0.25, 0.3) is 0 Å². The van der Waals surface area contributed by atoms with Crippen LogP contribution in [-0.2, 0) is 0 Å². The summed E-state index contributed by atoms with van der Waals surface area (Å²) >= 11 is 5.98. The SMILES string of the molecule is O=C(Nc1ccnn1-c1cccc(Cl)c1)N1C=CC=NC1. The third-order valence-corrected chi connectivity index (χ3v) is 3.12. The summed E-state index contributed by atoms with van der Waals surface area (Å²) in [7, 11) is 0. The van der Waals surface area contributed by atoms with E-state index in [0.29, 0.717) is 17.5 Å². The molecule has 0 atom stereocenters. The van der Waals surface area contributed by atoms with Gasteiger partial charge in [-0.1, -0.05) is 17.7 Å². The molecule has 1 aliphatic rings. The van der Waals surface area contributed by atoms with E-state index in [2.05, 4.69) is 15.4 Å². The summed E-state index contributed by atoms with van der Waals surface area (Å²) in [6, 6.07) is 8.69. The summed E-state index contributed by atoms with van der Waals surface area (Å²) < 4.78 is 1.61. The van der Waals surface area contributed by atoms with Crippen molar-refractivity contribution < 1.29 is 4.79 Å². The maximum atomic E-state index is 12.1. The molecule has 1 aliphatic heterocycles. The van der Waals surface area contributed by atoms with Gasteiger partial charge in [-0.15, -0.1) is 0 Å². The van der Waals surface area contributed by atoms with Crippen molar-refractivity contribution >= 4 is 29.7 Å². The summed E-state index contributed by atoms with van der Waals surface area (Å²) in [5.41, 5.74) is 0.773. The van der Waals surface area contributed by atoms with Crippen molar-refractivity contribution in [1.82, 2.24) is 14.7 Å². The first-order chi connectivity index (χ1) is 10.2. The predicted octanol–water partition coefficient (Wildman–Crippen LogP) is 2.92. The van der Waals surface area contributed by atoms with E-state index in [0.717, 1.165) is 5.69 Å². The lowest BCUT2D eigenvalue weighted by molar-refractivity contribution is 0.229. The Bertz CT molecular complexity index is 722. The van der Waals surface area contributed by atoms with Crippen molar-refractivity contribution in [1.29, 1.82) is 0 Å². The molecule has 1 aromatic heterocycles. The number of hydrogen-bond acceptors (Lipinski definition) is 3. The number of rotatable bonds is 2. The predicted molar refractivity (Wildman–Crippen MR) is 81.9 cm³/mol. The number of benzene rings is 1. The number of nitrogens with zero attached hydrogens (tertiary/aromatic N) is 4. The first kappa shape index (κ1) is 13.4. The van der Waals surface area contributed by atoms with E-state index in [-0.39, 0.29) is 6.03 Å². The number of carbonyl (C=O) groups is 1. The Morgan fingerprint density at radius 2 is 2.24 bits per heavy atom. The van der Waals surface area contributed by atoms with Crippen LogP contribution in [0.5, 0.6) is 0 Å². The molecule has 1 N–H and O–H groups in total. The molecule has 0 radical (unpaired) electrons. The standard InChI is InChI=1S/C14H12ClN5O/c15-11-3-1-4-12(9-11)20-13(5-7-17-20)18-14(21)19-8-2-6-16-10-19/h1-9H,10H2,(H,18,21). The molecule has 0 bridgehead atoms. The third kappa shape index (κ3) is 2.95. The molecule has 7 heteroatoms. The summed E-state index contributed by atoms with van der Waals surface area (Å²) in [4.78, 5) is 17.6. The van der Waals surface area contributed by atoms with Gasteiger partial charge in [0.05, 0.1) is 11.9 Å². The van der Waals surface area contributed by atoms with Crippen LogP contribution in [0.2, 0.25) is 5.02 Å². The number of carbonyl (C=O) groups excluding carboxylic acids is 1. The number of halogens is 1. The summed E-state index contributed by atoms with van der Waals surface area (Å²) in [5, 5.41) is 7.61. The fourth-order valence-electron chi connectivity index (χ4n) is 1.91. The molecule has 0 unspecified atom stereocenters. The fraction of sp³-hybridized carbons (Fsp3) is 0.0714. The number of anilines is 1. The molecule has 2 amide bonds. The van der Waals surface area contributed by atoms with E-state index in [1.54, 1.807) is 47.6 Å². The van der Waals surface area contributed by atoms with Gasteiger partial charge in [-0.2, -0.15) is 5.10 Å². The molecule has 2 aromatic rings. The Balaban J connectivity index is 1.81. The first-order valence-corrected chi connectivity index (χ1v) is 6.66. The molecule has 1 aromatic carbocycles. The fourth-order valence-corrected chi connectivity index (χ4v) is 2.09. The molecule has 2 heterocycles. The minimum atomic E-state index is -0.271. The second-order valence-corrected chi connectivity index (χ2v) is 4.76. The van der Waals surface area contributed by atoms with E-state index in [9.17, 15) is 4.79 Å². The summed E-state index contributed by atoms with van der Waals surface area (Å²) in [5.74, 6) is 0.560. The molecular formula is C14H12ClN5O. The third-order valence-electron chi connectivity index (χ3n) is 2.88. The molecule has 0 saturated heterocycles. The first-order valence-electron chi connectivity index (χ1n) is 6.28. The Kier molecular flexibility index (Phi) is 3.70.